The molecular weight excluding hydrogens is 306 g/mol. The summed E-state index contributed by atoms with van der Waals surface area (Å²) in [5.41, 5.74) is 3.99. The molecule has 0 saturated heterocycles. The van der Waals surface area contributed by atoms with Crippen LogP contribution in [0.4, 0.5) is 0 Å². The quantitative estimate of drug-likeness (QED) is 0.711. The second-order valence-corrected chi connectivity index (χ2v) is 7.18. The molecule has 118 valence electrons. The van der Waals surface area contributed by atoms with Crippen molar-refractivity contribution in [2.45, 2.75) is 39.9 Å². The molecule has 0 spiro atoms. The van der Waals surface area contributed by atoms with Gasteiger partial charge in [0.1, 0.15) is 16.9 Å². The van der Waals surface area contributed by atoms with Gasteiger partial charge in [-0.1, -0.05) is 30.3 Å². The predicted molar refractivity (Wildman–Crippen MR) is 91.2 cm³/mol. The summed E-state index contributed by atoms with van der Waals surface area (Å²) >= 11 is 1.82. The van der Waals surface area contributed by atoms with Crippen molar-refractivity contribution in [3.8, 4) is 5.00 Å². The molecule has 3 heterocycles. The van der Waals surface area contributed by atoms with Gasteiger partial charge < -0.3 is 4.74 Å². The number of aryl methyl sites for hydroxylation is 2. The van der Waals surface area contributed by atoms with Crippen molar-refractivity contribution in [3.05, 3.63) is 63.5 Å². The van der Waals surface area contributed by atoms with Crippen LogP contribution in [0.5, 0.6) is 0 Å². The van der Waals surface area contributed by atoms with E-state index in [4.69, 9.17) is 4.74 Å². The molecule has 1 atom stereocenters. The van der Waals surface area contributed by atoms with Gasteiger partial charge in [-0.05, 0) is 38.3 Å². The Balaban J connectivity index is 1.85. The Morgan fingerprint density at radius 2 is 2.00 bits per heavy atom. The maximum atomic E-state index is 6.04. The first-order chi connectivity index (χ1) is 11.1. The second kappa shape index (κ2) is 5.58. The maximum absolute atomic E-state index is 6.04. The summed E-state index contributed by atoms with van der Waals surface area (Å²) in [7, 11) is 0. The molecule has 0 radical (unpaired) electrons. The largest absolute Gasteiger partial charge is 0.366 e. The zero-order valence-electron chi connectivity index (χ0n) is 13.5. The van der Waals surface area contributed by atoms with Crippen molar-refractivity contribution in [1.82, 2.24) is 14.8 Å². The van der Waals surface area contributed by atoms with Gasteiger partial charge in [-0.2, -0.15) is 0 Å². The molecule has 4 nitrogen and oxygen atoms in total. The Bertz CT molecular complexity index is 851. The highest BCUT2D eigenvalue weighted by molar-refractivity contribution is 7.14. The summed E-state index contributed by atoms with van der Waals surface area (Å²) in [6.45, 7) is 6.87. The Labute approximate surface area is 139 Å². The van der Waals surface area contributed by atoms with E-state index >= 15 is 0 Å². The van der Waals surface area contributed by atoms with E-state index in [2.05, 4.69) is 52.0 Å². The van der Waals surface area contributed by atoms with E-state index in [-0.39, 0.29) is 6.10 Å². The van der Waals surface area contributed by atoms with Crippen molar-refractivity contribution >= 4 is 11.3 Å². The van der Waals surface area contributed by atoms with Gasteiger partial charge >= 0.3 is 0 Å². The van der Waals surface area contributed by atoms with Crippen LogP contribution >= 0.6 is 11.3 Å². The summed E-state index contributed by atoms with van der Waals surface area (Å²) in [6.07, 6.45) is 0.896. The van der Waals surface area contributed by atoms with Crippen molar-refractivity contribution < 1.29 is 4.74 Å². The highest BCUT2D eigenvalue weighted by Gasteiger charge is 2.27. The van der Waals surface area contributed by atoms with Crippen molar-refractivity contribution in [3.63, 3.8) is 0 Å². The van der Waals surface area contributed by atoms with Crippen LogP contribution in [-0.4, -0.2) is 14.8 Å². The average molecular weight is 325 g/mol. The summed E-state index contributed by atoms with van der Waals surface area (Å²) in [6, 6.07) is 10.6. The molecule has 3 aromatic rings. The molecule has 2 aromatic heterocycles. The van der Waals surface area contributed by atoms with Gasteiger partial charge in [0.2, 0.25) is 0 Å². The average Bonchev–Trinajstić information content (AvgIpc) is 3.03. The van der Waals surface area contributed by atoms with Crippen LogP contribution in [0.25, 0.3) is 5.00 Å². The summed E-state index contributed by atoms with van der Waals surface area (Å²) in [4.78, 5) is 1.34. The van der Waals surface area contributed by atoms with Crippen LogP contribution in [0.2, 0.25) is 0 Å². The lowest BCUT2D eigenvalue weighted by atomic mass is 10.0. The minimum Gasteiger partial charge on any atom is -0.366 e. The van der Waals surface area contributed by atoms with E-state index in [0.29, 0.717) is 6.61 Å². The number of thiophene rings is 1. The normalized spacial score (nSPS) is 16.7. The van der Waals surface area contributed by atoms with E-state index in [0.717, 1.165) is 18.1 Å². The number of nitrogens with zero attached hydrogens (tertiary/aromatic N) is 3. The van der Waals surface area contributed by atoms with Crippen LogP contribution in [-0.2, 0) is 17.8 Å². The van der Waals surface area contributed by atoms with Crippen molar-refractivity contribution in [2.24, 2.45) is 0 Å². The summed E-state index contributed by atoms with van der Waals surface area (Å²) in [5, 5.41) is 9.78. The number of ether oxygens (including phenoxy) is 1. The third-order valence-corrected chi connectivity index (χ3v) is 5.59. The first-order valence-electron chi connectivity index (χ1n) is 7.84. The molecule has 0 saturated carbocycles. The summed E-state index contributed by atoms with van der Waals surface area (Å²) in [5.74, 6) is 1.82. The number of aromatic nitrogens is 3. The molecule has 1 aliphatic heterocycles. The van der Waals surface area contributed by atoms with Crippen LogP contribution in [0.15, 0.2) is 30.3 Å². The Morgan fingerprint density at radius 3 is 2.78 bits per heavy atom. The van der Waals surface area contributed by atoms with Crippen LogP contribution in [0.3, 0.4) is 0 Å². The smallest absolute Gasteiger partial charge is 0.167 e. The Hall–Kier alpha value is -1.98. The molecular formula is C18H19N3OS. The highest BCUT2D eigenvalue weighted by Crippen LogP contribution is 2.38. The van der Waals surface area contributed by atoms with Gasteiger partial charge in [0.05, 0.1) is 6.61 Å². The van der Waals surface area contributed by atoms with E-state index in [1.54, 1.807) is 0 Å². The van der Waals surface area contributed by atoms with Crippen molar-refractivity contribution in [1.29, 1.82) is 0 Å². The molecule has 0 unspecified atom stereocenters. The van der Waals surface area contributed by atoms with Gasteiger partial charge in [0.25, 0.3) is 0 Å². The molecule has 0 N–H and O–H groups in total. The molecule has 4 rings (SSSR count). The SMILES string of the molecule is Cc1sc2c(c1Cc1ccccc1)CO[C@H](C)c1nnc(C)n1-2. The lowest BCUT2D eigenvalue weighted by molar-refractivity contribution is 0.0493. The molecule has 0 aliphatic carbocycles. The Kier molecular flexibility index (Phi) is 3.54. The van der Waals surface area contributed by atoms with Crippen molar-refractivity contribution in [2.75, 3.05) is 0 Å². The Morgan fingerprint density at radius 1 is 1.22 bits per heavy atom. The van der Waals surface area contributed by atoms with Crippen LogP contribution in [0, 0.1) is 13.8 Å². The standard InChI is InChI=1S/C18H19N3OS/c1-11-17-20-19-13(3)21(17)18-16(10-22-11)15(12(2)23-18)9-14-7-5-4-6-8-14/h4-8,11H,9-10H2,1-3H3/t11-/m1/s1. The van der Waals surface area contributed by atoms with E-state index in [9.17, 15) is 0 Å². The number of benzene rings is 1. The van der Waals surface area contributed by atoms with Gasteiger partial charge in [-0.25, -0.2) is 0 Å². The first-order valence-corrected chi connectivity index (χ1v) is 8.65. The zero-order chi connectivity index (χ0) is 16.0. The number of hydrogen-bond acceptors (Lipinski definition) is 4. The number of fused-ring (bicyclic) bond motifs is 3. The van der Waals surface area contributed by atoms with Crippen LogP contribution in [0.1, 0.15) is 46.2 Å². The van der Waals surface area contributed by atoms with Gasteiger partial charge in [0.15, 0.2) is 5.82 Å². The second-order valence-electron chi connectivity index (χ2n) is 5.98. The topological polar surface area (TPSA) is 39.9 Å². The molecule has 0 amide bonds. The zero-order valence-corrected chi connectivity index (χ0v) is 14.4. The van der Waals surface area contributed by atoms with Crippen LogP contribution < -0.4 is 0 Å². The molecule has 1 aromatic carbocycles. The lowest BCUT2D eigenvalue weighted by Gasteiger charge is -2.09. The van der Waals surface area contributed by atoms with E-state index in [1.165, 1.54) is 26.6 Å². The minimum absolute atomic E-state index is 0.0410. The fourth-order valence-corrected chi connectivity index (χ4v) is 4.38. The number of hydrogen-bond donors (Lipinski definition) is 0. The summed E-state index contributed by atoms with van der Waals surface area (Å²) < 4.78 is 8.21. The van der Waals surface area contributed by atoms with E-state index < -0.39 is 0 Å². The molecule has 5 heteroatoms. The third-order valence-electron chi connectivity index (χ3n) is 4.42. The lowest BCUT2D eigenvalue weighted by Crippen LogP contribution is -2.04. The third kappa shape index (κ3) is 2.40. The minimum atomic E-state index is -0.0410. The predicted octanol–water partition coefficient (Wildman–Crippen LogP) is 4.13. The molecule has 0 bridgehead atoms. The van der Waals surface area contributed by atoms with Gasteiger partial charge in [0, 0.05) is 10.4 Å². The molecule has 1 aliphatic rings. The maximum Gasteiger partial charge on any atom is 0.167 e. The number of rotatable bonds is 2. The molecule has 0 fully saturated rings. The monoisotopic (exact) mass is 325 g/mol. The fraction of sp³-hybridized carbons (Fsp3) is 0.333. The highest BCUT2D eigenvalue weighted by atomic mass is 32.1. The fourth-order valence-electron chi connectivity index (χ4n) is 3.15. The van der Waals surface area contributed by atoms with E-state index in [1.807, 2.05) is 25.2 Å². The molecule has 23 heavy (non-hydrogen) atoms. The van der Waals surface area contributed by atoms with Gasteiger partial charge in [-0.3, -0.25) is 4.57 Å². The first kappa shape index (κ1) is 14.6. The van der Waals surface area contributed by atoms with Gasteiger partial charge in [-0.15, -0.1) is 21.5 Å².